The minimum Gasteiger partial charge on any atom is -0.467 e. The second-order valence-electron chi connectivity index (χ2n) is 8.72. The number of rotatable bonds is 2. The Labute approximate surface area is 180 Å². The lowest BCUT2D eigenvalue weighted by molar-refractivity contribution is -0.131. The summed E-state index contributed by atoms with van der Waals surface area (Å²) in [5.74, 6) is 0.558. The lowest BCUT2D eigenvalue weighted by Crippen LogP contribution is -2.69. The van der Waals surface area contributed by atoms with E-state index < -0.39 is 17.2 Å². The van der Waals surface area contributed by atoms with Crippen LogP contribution in [0, 0.1) is 6.92 Å². The summed E-state index contributed by atoms with van der Waals surface area (Å²) in [5, 5.41) is 6.61. The Morgan fingerprint density at radius 1 is 1.17 bits per heavy atom. The van der Waals surface area contributed by atoms with E-state index in [0.29, 0.717) is 34.9 Å². The van der Waals surface area contributed by atoms with Gasteiger partial charge in [-0.05, 0) is 38.5 Å². The average Bonchev–Trinajstić information content (AvgIpc) is 2.62. The Balaban J connectivity index is 1.88. The van der Waals surface area contributed by atoms with E-state index >= 15 is 0 Å². The van der Waals surface area contributed by atoms with Gasteiger partial charge in [-0.25, -0.2) is 4.79 Å². The molecule has 2 atom stereocenters. The first-order valence-corrected chi connectivity index (χ1v) is 10.3. The molecule has 1 fully saturated rings. The van der Waals surface area contributed by atoms with E-state index in [-0.39, 0.29) is 11.9 Å². The molecule has 1 saturated heterocycles. The quantitative estimate of drug-likeness (QED) is 0.538. The fourth-order valence-corrected chi connectivity index (χ4v) is 4.88. The number of carbonyl (C=O) groups excluding carboxylic acids is 2. The van der Waals surface area contributed by atoms with Gasteiger partial charge in [-0.15, -0.1) is 0 Å². The van der Waals surface area contributed by atoms with Gasteiger partial charge in [0.25, 0.3) is 0 Å². The second kappa shape index (κ2) is 7.20. The predicted molar refractivity (Wildman–Crippen MR) is 114 cm³/mol. The summed E-state index contributed by atoms with van der Waals surface area (Å²) in [5.41, 5.74) is 1.26. The molecule has 2 N–H and O–H groups in total. The van der Waals surface area contributed by atoms with Gasteiger partial charge in [-0.1, -0.05) is 35.9 Å². The van der Waals surface area contributed by atoms with E-state index in [2.05, 4.69) is 10.6 Å². The predicted octanol–water partition coefficient (Wildman–Crippen LogP) is 4.67. The molecule has 30 heavy (non-hydrogen) atoms. The molecule has 2 aromatic rings. The summed E-state index contributed by atoms with van der Waals surface area (Å²) < 4.78 is 11.9. The third kappa shape index (κ3) is 3.72. The monoisotopic (exact) mass is 428 g/mol. The summed E-state index contributed by atoms with van der Waals surface area (Å²) in [4.78, 5) is 24.0. The third-order valence-corrected chi connectivity index (χ3v) is 5.99. The summed E-state index contributed by atoms with van der Waals surface area (Å²) in [6.45, 7) is 7.16. The summed E-state index contributed by atoms with van der Waals surface area (Å²) in [6.07, 6.45) is 1.09. The van der Waals surface area contributed by atoms with Crippen LogP contribution >= 0.6 is 11.6 Å². The van der Waals surface area contributed by atoms with E-state index in [1.165, 1.54) is 6.92 Å². The van der Waals surface area contributed by atoms with Gasteiger partial charge in [0.2, 0.25) is 0 Å². The van der Waals surface area contributed by atoms with Crippen LogP contribution < -0.4 is 20.1 Å². The molecule has 0 radical (unpaired) electrons. The largest absolute Gasteiger partial charge is 0.467 e. The molecule has 2 aromatic carbocycles. The van der Waals surface area contributed by atoms with Gasteiger partial charge in [0.15, 0.2) is 5.72 Å². The number of hydrogen-bond donors (Lipinski definition) is 2. The average molecular weight is 429 g/mol. The number of urea groups is 1. The van der Waals surface area contributed by atoms with Crippen molar-refractivity contribution in [2.45, 2.75) is 57.7 Å². The molecule has 6 nitrogen and oxygen atoms in total. The highest BCUT2D eigenvalue weighted by atomic mass is 35.5. The van der Waals surface area contributed by atoms with Crippen LogP contribution in [0.5, 0.6) is 11.5 Å². The van der Waals surface area contributed by atoms with Crippen molar-refractivity contribution in [1.29, 1.82) is 0 Å². The number of benzene rings is 2. The van der Waals surface area contributed by atoms with Crippen molar-refractivity contribution in [3.8, 4) is 11.5 Å². The highest BCUT2D eigenvalue weighted by molar-refractivity contribution is 6.31. The third-order valence-electron chi connectivity index (χ3n) is 5.65. The van der Waals surface area contributed by atoms with Crippen LogP contribution in [-0.4, -0.2) is 23.3 Å². The Kier molecular flexibility index (Phi) is 4.93. The lowest BCUT2D eigenvalue weighted by Gasteiger charge is -2.50. The molecule has 0 aromatic heterocycles. The highest BCUT2D eigenvalue weighted by Gasteiger charge is 2.50. The van der Waals surface area contributed by atoms with Crippen LogP contribution in [0.15, 0.2) is 36.4 Å². The van der Waals surface area contributed by atoms with Crippen molar-refractivity contribution in [3.05, 3.63) is 58.1 Å². The van der Waals surface area contributed by atoms with Crippen molar-refractivity contribution in [1.82, 2.24) is 10.6 Å². The molecule has 2 amide bonds. The van der Waals surface area contributed by atoms with E-state index in [1.807, 2.05) is 51.1 Å². The second-order valence-corrected chi connectivity index (χ2v) is 9.12. The van der Waals surface area contributed by atoms with E-state index in [4.69, 9.17) is 21.1 Å². The molecule has 0 bridgehead atoms. The number of nitrogens with one attached hydrogen (secondary N) is 2. The van der Waals surface area contributed by atoms with Gasteiger partial charge in [0, 0.05) is 47.4 Å². The van der Waals surface area contributed by atoms with Crippen LogP contribution in [0.25, 0.3) is 0 Å². The maximum Gasteiger partial charge on any atom is 0.318 e. The molecule has 2 aliphatic rings. The number of halogens is 1. The Bertz CT molecular complexity index is 1040. The summed E-state index contributed by atoms with van der Waals surface area (Å²) in [6, 6.07) is 11.1. The van der Waals surface area contributed by atoms with E-state index in [1.54, 1.807) is 6.07 Å². The Morgan fingerprint density at radius 3 is 2.57 bits per heavy atom. The first kappa shape index (κ1) is 20.5. The number of amides is 2. The van der Waals surface area contributed by atoms with E-state index in [9.17, 15) is 9.59 Å². The number of fused-ring (bicyclic) bond motifs is 1. The highest BCUT2D eigenvalue weighted by Crippen LogP contribution is 2.50. The molecule has 2 unspecified atom stereocenters. The minimum atomic E-state index is -0.914. The maximum atomic E-state index is 12.5. The molecule has 4 rings (SSSR count). The number of esters is 1. The number of hydrogen-bond acceptors (Lipinski definition) is 4. The molecular weight excluding hydrogens is 404 g/mol. The smallest absolute Gasteiger partial charge is 0.318 e. The zero-order valence-electron chi connectivity index (χ0n) is 17.5. The van der Waals surface area contributed by atoms with Crippen LogP contribution in [0.2, 0.25) is 5.02 Å². The van der Waals surface area contributed by atoms with Gasteiger partial charge in [0.05, 0.1) is 0 Å². The van der Waals surface area contributed by atoms with Crippen molar-refractivity contribution in [2.24, 2.45) is 0 Å². The zero-order chi connectivity index (χ0) is 21.7. The van der Waals surface area contributed by atoms with Crippen LogP contribution in [0.4, 0.5) is 4.79 Å². The van der Waals surface area contributed by atoms with Crippen molar-refractivity contribution < 1.29 is 19.1 Å². The molecule has 2 heterocycles. The minimum absolute atomic E-state index is 0.0956. The Hall–Kier alpha value is -2.73. The molecule has 2 aliphatic heterocycles. The number of ether oxygens (including phenoxy) is 2. The Morgan fingerprint density at radius 2 is 1.90 bits per heavy atom. The molecular formula is C23H25ClN2O4. The standard InChI is InChI=1S/C23H25ClN2O4/c1-13-19(29-14(2)27)10-9-16-17(15-7-5-6-8-18(15)24)11-23(30-20(13)16)12-22(3,4)25-21(28)26-23/h5-10,17H,11-12H2,1-4H3,(H2,25,26,28). The van der Waals surface area contributed by atoms with Crippen molar-refractivity contribution in [2.75, 3.05) is 0 Å². The van der Waals surface area contributed by atoms with Gasteiger partial charge >= 0.3 is 12.0 Å². The fraction of sp³-hybridized carbons (Fsp3) is 0.391. The normalized spacial score (nSPS) is 24.3. The van der Waals surface area contributed by atoms with Crippen LogP contribution in [0.1, 0.15) is 56.2 Å². The fourth-order valence-electron chi connectivity index (χ4n) is 4.61. The van der Waals surface area contributed by atoms with Crippen LogP contribution in [0.3, 0.4) is 0 Å². The van der Waals surface area contributed by atoms with Gasteiger partial charge in [-0.2, -0.15) is 0 Å². The number of carbonyl (C=O) groups is 2. The topological polar surface area (TPSA) is 76.7 Å². The first-order valence-electron chi connectivity index (χ1n) is 9.95. The molecule has 1 spiro atoms. The SMILES string of the molecule is CC(=O)Oc1ccc2c(c1C)OC1(CC2c2ccccc2Cl)CC(C)(C)NC(=O)N1. The molecule has 158 valence electrons. The van der Waals surface area contributed by atoms with E-state index in [0.717, 1.165) is 11.1 Å². The first-order chi connectivity index (χ1) is 14.1. The van der Waals surface area contributed by atoms with Gasteiger partial charge in [-0.3, -0.25) is 4.79 Å². The molecule has 7 heteroatoms. The maximum absolute atomic E-state index is 12.5. The van der Waals surface area contributed by atoms with Crippen molar-refractivity contribution in [3.63, 3.8) is 0 Å². The summed E-state index contributed by atoms with van der Waals surface area (Å²) >= 11 is 6.57. The van der Waals surface area contributed by atoms with Crippen LogP contribution in [-0.2, 0) is 4.79 Å². The molecule has 0 saturated carbocycles. The van der Waals surface area contributed by atoms with Crippen molar-refractivity contribution >= 4 is 23.6 Å². The van der Waals surface area contributed by atoms with Gasteiger partial charge < -0.3 is 20.1 Å². The zero-order valence-corrected chi connectivity index (χ0v) is 18.2. The summed E-state index contributed by atoms with van der Waals surface area (Å²) in [7, 11) is 0. The lowest BCUT2D eigenvalue weighted by atomic mass is 9.76. The molecule has 0 aliphatic carbocycles. The van der Waals surface area contributed by atoms with Gasteiger partial charge in [0.1, 0.15) is 11.5 Å².